The molecular weight excluding hydrogens is 246 g/mol. The molecule has 2 aliphatic rings. The van der Waals surface area contributed by atoms with E-state index in [0.29, 0.717) is 19.2 Å². The SMILES string of the molecule is N#CC(C#N)=NOC(N1CCOCC1)=[N+]1CCCC1. The lowest BCUT2D eigenvalue weighted by Crippen LogP contribution is -2.45. The third-order valence-corrected chi connectivity index (χ3v) is 3.09. The smallest absolute Gasteiger partial charge is 0.373 e. The van der Waals surface area contributed by atoms with E-state index in [2.05, 4.69) is 9.73 Å². The number of hydrogen-bond acceptors (Lipinski definition) is 5. The van der Waals surface area contributed by atoms with E-state index in [1.807, 2.05) is 4.90 Å². The van der Waals surface area contributed by atoms with Crippen LogP contribution in [-0.2, 0) is 9.57 Å². The van der Waals surface area contributed by atoms with Crippen molar-refractivity contribution in [1.29, 1.82) is 10.5 Å². The Morgan fingerprint density at radius 1 is 1.16 bits per heavy atom. The molecule has 0 N–H and O–H groups in total. The topological polar surface area (TPSA) is 84.7 Å². The zero-order valence-electron chi connectivity index (χ0n) is 10.7. The Hall–Kier alpha value is -2.12. The quantitative estimate of drug-likeness (QED) is 0.285. The third kappa shape index (κ3) is 3.43. The Morgan fingerprint density at radius 2 is 1.79 bits per heavy atom. The molecule has 2 aliphatic heterocycles. The zero-order chi connectivity index (χ0) is 13.5. The summed E-state index contributed by atoms with van der Waals surface area (Å²) in [5.74, 6) is 0. The Labute approximate surface area is 111 Å². The van der Waals surface area contributed by atoms with E-state index in [-0.39, 0.29) is 5.71 Å². The lowest BCUT2D eigenvalue weighted by Gasteiger charge is -2.22. The Bertz CT molecular complexity index is 441. The first-order valence-corrected chi connectivity index (χ1v) is 6.35. The lowest BCUT2D eigenvalue weighted by atomic mass is 10.4. The van der Waals surface area contributed by atoms with Crippen molar-refractivity contribution in [2.24, 2.45) is 5.16 Å². The van der Waals surface area contributed by atoms with E-state index in [1.54, 1.807) is 12.1 Å². The molecule has 0 atom stereocenters. The number of amidine groups is 1. The van der Waals surface area contributed by atoms with Crippen LogP contribution >= 0.6 is 0 Å². The van der Waals surface area contributed by atoms with Crippen molar-refractivity contribution in [3.05, 3.63) is 0 Å². The van der Waals surface area contributed by atoms with Gasteiger partial charge in [-0.25, -0.2) is 9.48 Å². The summed E-state index contributed by atoms with van der Waals surface area (Å²) < 4.78 is 7.41. The van der Waals surface area contributed by atoms with Gasteiger partial charge in [-0.3, -0.25) is 4.84 Å². The van der Waals surface area contributed by atoms with Crippen molar-refractivity contribution in [3.8, 4) is 12.1 Å². The van der Waals surface area contributed by atoms with Crippen LogP contribution in [-0.4, -0.2) is 60.6 Å². The molecule has 2 saturated heterocycles. The molecule has 2 rings (SSSR count). The fraction of sp³-hybridized carbons (Fsp3) is 0.667. The van der Waals surface area contributed by atoms with Gasteiger partial charge in [0.1, 0.15) is 25.2 Å². The van der Waals surface area contributed by atoms with Gasteiger partial charge in [-0.1, -0.05) is 0 Å². The molecule has 100 valence electrons. The molecule has 0 bridgehead atoms. The minimum absolute atomic E-state index is 0.273. The molecule has 0 saturated carbocycles. The predicted octanol–water partition coefficient (Wildman–Crippen LogP) is -0.0993. The fourth-order valence-corrected chi connectivity index (χ4v) is 2.13. The number of ether oxygens (including phenoxy) is 1. The summed E-state index contributed by atoms with van der Waals surface area (Å²) >= 11 is 0. The molecular formula is C12H16N5O2+. The highest BCUT2D eigenvalue weighted by Crippen LogP contribution is 2.07. The number of morpholine rings is 1. The van der Waals surface area contributed by atoms with E-state index in [1.165, 1.54) is 0 Å². The summed E-state index contributed by atoms with van der Waals surface area (Å²) in [5, 5.41) is 21.0. The lowest BCUT2D eigenvalue weighted by molar-refractivity contribution is -0.521. The van der Waals surface area contributed by atoms with Crippen LogP contribution in [0.5, 0.6) is 0 Å². The van der Waals surface area contributed by atoms with Gasteiger partial charge in [0.05, 0.1) is 26.3 Å². The van der Waals surface area contributed by atoms with Crippen LogP contribution in [0.2, 0.25) is 0 Å². The molecule has 0 amide bonds. The van der Waals surface area contributed by atoms with Crippen LogP contribution < -0.4 is 0 Å². The summed E-state index contributed by atoms with van der Waals surface area (Å²) in [4.78, 5) is 7.41. The first-order valence-electron chi connectivity index (χ1n) is 6.35. The van der Waals surface area contributed by atoms with Crippen LogP contribution in [0.1, 0.15) is 12.8 Å². The van der Waals surface area contributed by atoms with Crippen molar-refractivity contribution in [2.45, 2.75) is 12.8 Å². The van der Waals surface area contributed by atoms with Gasteiger partial charge in [0.2, 0.25) is 0 Å². The second-order valence-corrected chi connectivity index (χ2v) is 4.33. The van der Waals surface area contributed by atoms with Crippen LogP contribution in [0.4, 0.5) is 0 Å². The van der Waals surface area contributed by atoms with E-state index < -0.39 is 0 Å². The minimum Gasteiger partial charge on any atom is -0.373 e. The van der Waals surface area contributed by atoms with Gasteiger partial charge in [0.25, 0.3) is 5.71 Å². The second kappa shape index (κ2) is 6.72. The minimum atomic E-state index is -0.273. The molecule has 7 nitrogen and oxygen atoms in total. The Balaban J connectivity index is 2.16. The molecule has 0 aromatic carbocycles. The number of nitriles is 2. The maximum atomic E-state index is 8.67. The average Bonchev–Trinajstić information content (AvgIpc) is 2.99. The molecule has 0 aromatic heterocycles. The molecule has 0 radical (unpaired) electrons. The van der Waals surface area contributed by atoms with Crippen LogP contribution in [0.15, 0.2) is 5.16 Å². The molecule has 2 fully saturated rings. The standard InChI is InChI=1S/C12H16N5O2/c13-9-11(10-14)15-19-12(16-3-1-2-4-16)17-5-7-18-8-6-17/h1-8H2/q+1. The molecule has 0 unspecified atom stereocenters. The van der Waals surface area contributed by atoms with Gasteiger partial charge in [-0.05, 0) is 18.0 Å². The highest BCUT2D eigenvalue weighted by molar-refractivity contribution is 6.10. The Morgan fingerprint density at radius 3 is 2.37 bits per heavy atom. The highest BCUT2D eigenvalue weighted by Gasteiger charge is 2.29. The van der Waals surface area contributed by atoms with Crippen LogP contribution in [0.25, 0.3) is 0 Å². The van der Waals surface area contributed by atoms with Crippen molar-refractivity contribution in [2.75, 3.05) is 39.4 Å². The van der Waals surface area contributed by atoms with Gasteiger partial charge in [0, 0.05) is 0 Å². The molecule has 0 spiro atoms. The third-order valence-electron chi connectivity index (χ3n) is 3.09. The molecule has 7 heteroatoms. The zero-order valence-corrected chi connectivity index (χ0v) is 10.7. The van der Waals surface area contributed by atoms with Gasteiger partial charge < -0.3 is 4.74 Å². The maximum absolute atomic E-state index is 8.67. The summed E-state index contributed by atoms with van der Waals surface area (Å²) in [6, 6.07) is 4.01. The van der Waals surface area contributed by atoms with Gasteiger partial charge in [-0.2, -0.15) is 10.5 Å². The first kappa shape index (κ1) is 13.3. The van der Waals surface area contributed by atoms with Crippen molar-refractivity contribution >= 4 is 11.7 Å². The largest absolute Gasteiger partial charge is 0.473 e. The number of hydrogen-bond donors (Lipinski definition) is 0. The van der Waals surface area contributed by atoms with Crippen LogP contribution in [0, 0.1) is 22.7 Å². The number of rotatable bonds is 1. The summed E-state index contributed by atoms with van der Waals surface area (Å²) in [7, 11) is 0. The molecule has 19 heavy (non-hydrogen) atoms. The van der Waals surface area contributed by atoms with Crippen molar-refractivity contribution in [1.82, 2.24) is 4.90 Å². The van der Waals surface area contributed by atoms with Crippen molar-refractivity contribution in [3.63, 3.8) is 0 Å². The first-order chi connectivity index (χ1) is 9.35. The maximum Gasteiger partial charge on any atom is 0.473 e. The molecule has 2 heterocycles. The van der Waals surface area contributed by atoms with E-state index >= 15 is 0 Å². The predicted molar refractivity (Wildman–Crippen MR) is 66.4 cm³/mol. The highest BCUT2D eigenvalue weighted by atomic mass is 16.7. The summed E-state index contributed by atoms with van der Waals surface area (Å²) in [6.07, 6.45) is 2.23. The fourth-order valence-electron chi connectivity index (χ4n) is 2.13. The number of nitrogens with zero attached hydrogens (tertiary/aromatic N) is 5. The van der Waals surface area contributed by atoms with E-state index in [4.69, 9.17) is 20.1 Å². The van der Waals surface area contributed by atoms with Gasteiger partial charge >= 0.3 is 6.02 Å². The summed E-state index contributed by atoms with van der Waals surface area (Å²) in [5.41, 5.74) is -0.273. The van der Waals surface area contributed by atoms with E-state index in [9.17, 15) is 0 Å². The molecule has 0 aromatic rings. The Kier molecular flexibility index (Phi) is 4.71. The average molecular weight is 262 g/mol. The summed E-state index contributed by atoms with van der Waals surface area (Å²) in [6.45, 7) is 4.58. The monoisotopic (exact) mass is 262 g/mol. The van der Waals surface area contributed by atoms with Crippen LogP contribution in [0.3, 0.4) is 0 Å². The molecule has 0 aliphatic carbocycles. The van der Waals surface area contributed by atoms with Crippen molar-refractivity contribution < 1.29 is 14.1 Å². The van der Waals surface area contributed by atoms with Gasteiger partial charge in [0.15, 0.2) is 0 Å². The normalized spacial score (nSPS) is 18.4. The van der Waals surface area contributed by atoms with Gasteiger partial charge in [-0.15, -0.1) is 0 Å². The van der Waals surface area contributed by atoms with E-state index in [0.717, 1.165) is 39.0 Å². The number of oxime groups is 1. The second-order valence-electron chi connectivity index (χ2n) is 4.33.